The SMILES string of the molecule is [2H][C@H](C[C@]1(C)CCCCC1=O)C(=O)OCC. The highest BCUT2D eigenvalue weighted by molar-refractivity contribution is 5.85. The zero-order valence-corrected chi connectivity index (χ0v) is 9.54. The van der Waals surface area contributed by atoms with Gasteiger partial charge in [-0.2, -0.15) is 0 Å². The average Bonchev–Trinajstić information content (AvgIpc) is 2.23. The highest BCUT2D eigenvalue weighted by Gasteiger charge is 2.35. The van der Waals surface area contributed by atoms with Crippen LogP contribution in [0.4, 0.5) is 0 Å². The lowest BCUT2D eigenvalue weighted by molar-refractivity contribution is -0.144. The predicted molar refractivity (Wildman–Crippen MR) is 57.4 cm³/mol. The van der Waals surface area contributed by atoms with E-state index < -0.39 is 17.8 Å². The summed E-state index contributed by atoms with van der Waals surface area (Å²) in [7, 11) is 0. The van der Waals surface area contributed by atoms with Crippen LogP contribution in [0.5, 0.6) is 0 Å². The molecule has 0 aromatic rings. The molecule has 1 rings (SSSR count). The molecule has 0 heterocycles. The molecule has 0 amide bonds. The quantitative estimate of drug-likeness (QED) is 0.674. The van der Waals surface area contributed by atoms with Crippen molar-refractivity contribution in [2.45, 2.75) is 52.3 Å². The first kappa shape index (κ1) is 10.7. The van der Waals surface area contributed by atoms with Gasteiger partial charge in [-0.1, -0.05) is 13.3 Å². The maximum Gasteiger partial charge on any atom is 0.305 e. The van der Waals surface area contributed by atoms with Crippen molar-refractivity contribution in [1.29, 1.82) is 0 Å². The van der Waals surface area contributed by atoms with Crippen LogP contribution in [-0.4, -0.2) is 18.4 Å². The van der Waals surface area contributed by atoms with E-state index in [1.165, 1.54) is 0 Å². The molecule has 1 aliphatic rings. The van der Waals surface area contributed by atoms with Crippen LogP contribution in [0.2, 0.25) is 0 Å². The molecule has 0 saturated heterocycles. The zero-order valence-electron chi connectivity index (χ0n) is 10.5. The second-order valence-corrected chi connectivity index (χ2v) is 4.35. The number of esters is 1. The van der Waals surface area contributed by atoms with Crippen molar-refractivity contribution < 1.29 is 15.7 Å². The van der Waals surface area contributed by atoms with Crippen LogP contribution in [0.15, 0.2) is 0 Å². The first-order chi connectivity index (χ1) is 7.49. The Morgan fingerprint density at radius 2 is 2.33 bits per heavy atom. The van der Waals surface area contributed by atoms with Gasteiger partial charge in [0.1, 0.15) is 5.78 Å². The van der Waals surface area contributed by atoms with Crippen LogP contribution < -0.4 is 0 Å². The summed E-state index contributed by atoms with van der Waals surface area (Å²) in [6.07, 6.45) is 2.71. The summed E-state index contributed by atoms with van der Waals surface area (Å²) in [6, 6.07) is 0. The van der Waals surface area contributed by atoms with Crippen LogP contribution in [0.25, 0.3) is 0 Å². The van der Waals surface area contributed by atoms with E-state index in [0.29, 0.717) is 19.4 Å². The largest absolute Gasteiger partial charge is 0.466 e. The van der Waals surface area contributed by atoms with Crippen molar-refractivity contribution in [3.63, 3.8) is 0 Å². The van der Waals surface area contributed by atoms with Crippen molar-refractivity contribution in [2.24, 2.45) is 5.41 Å². The van der Waals surface area contributed by atoms with Crippen LogP contribution in [0.3, 0.4) is 0 Å². The summed E-state index contributed by atoms with van der Waals surface area (Å²) in [5, 5.41) is 0. The molecule has 15 heavy (non-hydrogen) atoms. The van der Waals surface area contributed by atoms with Crippen LogP contribution in [0, 0.1) is 5.41 Å². The summed E-state index contributed by atoms with van der Waals surface area (Å²) in [5.74, 6) is -0.317. The van der Waals surface area contributed by atoms with Crippen molar-refractivity contribution >= 4 is 11.8 Å². The molecule has 0 aliphatic heterocycles. The fraction of sp³-hybridized carbons (Fsp3) is 0.833. The van der Waals surface area contributed by atoms with Gasteiger partial charge in [-0.3, -0.25) is 9.59 Å². The summed E-state index contributed by atoms with van der Waals surface area (Å²) in [5.41, 5.74) is -0.489. The van der Waals surface area contributed by atoms with Gasteiger partial charge in [-0.25, -0.2) is 0 Å². The third kappa shape index (κ3) is 3.33. The minimum atomic E-state index is -0.924. The maximum atomic E-state index is 11.8. The van der Waals surface area contributed by atoms with E-state index in [1.54, 1.807) is 6.92 Å². The first-order valence-corrected chi connectivity index (χ1v) is 5.62. The molecular weight excluding hydrogens is 192 g/mol. The van der Waals surface area contributed by atoms with Gasteiger partial charge in [0, 0.05) is 19.6 Å². The van der Waals surface area contributed by atoms with Gasteiger partial charge >= 0.3 is 5.97 Å². The number of ketones is 1. The third-order valence-electron chi connectivity index (χ3n) is 3.06. The van der Waals surface area contributed by atoms with E-state index in [-0.39, 0.29) is 5.78 Å². The molecule has 86 valence electrons. The van der Waals surface area contributed by atoms with Crippen molar-refractivity contribution in [1.82, 2.24) is 0 Å². The summed E-state index contributed by atoms with van der Waals surface area (Å²) in [4.78, 5) is 23.1. The Hall–Kier alpha value is -0.860. The molecule has 1 saturated carbocycles. The topological polar surface area (TPSA) is 43.4 Å². The number of hydrogen-bond acceptors (Lipinski definition) is 3. The molecule has 1 fully saturated rings. The standard InChI is InChI=1S/C12H20O3/c1-3-15-11(14)7-9-12(2)8-5-4-6-10(12)13/h3-9H2,1-2H3/t12-/m0/s1/i7D/t7-,12+/m1. The lowest BCUT2D eigenvalue weighted by atomic mass is 9.72. The lowest BCUT2D eigenvalue weighted by Gasteiger charge is -2.31. The minimum Gasteiger partial charge on any atom is -0.466 e. The van der Waals surface area contributed by atoms with Gasteiger partial charge in [0.2, 0.25) is 0 Å². The molecule has 3 heteroatoms. The van der Waals surface area contributed by atoms with Gasteiger partial charge in [0.05, 0.1) is 6.61 Å². The third-order valence-corrected chi connectivity index (χ3v) is 3.06. The molecule has 3 nitrogen and oxygen atoms in total. The van der Waals surface area contributed by atoms with Gasteiger partial charge in [-0.15, -0.1) is 0 Å². The van der Waals surface area contributed by atoms with E-state index >= 15 is 0 Å². The van der Waals surface area contributed by atoms with Crippen molar-refractivity contribution in [3.8, 4) is 0 Å². The first-order valence-electron chi connectivity index (χ1n) is 6.19. The Morgan fingerprint density at radius 3 is 2.93 bits per heavy atom. The zero-order chi connectivity index (χ0) is 12.2. The number of rotatable bonds is 4. The van der Waals surface area contributed by atoms with E-state index in [2.05, 4.69) is 0 Å². The molecular formula is C12H20O3. The number of hydrogen-bond donors (Lipinski definition) is 0. The van der Waals surface area contributed by atoms with Crippen molar-refractivity contribution in [2.75, 3.05) is 6.61 Å². The Kier molecular flexibility index (Phi) is 3.75. The fourth-order valence-corrected chi connectivity index (χ4v) is 1.97. The summed E-state index contributed by atoms with van der Waals surface area (Å²) >= 11 is 0. The van der Waals surface area contributed by atoms with Crippen LogP contribution >= 0.6 is 0 Å². The van der Waals surface area contributed by atoms with E-state index in [1.807, 2.05) is 6.92 Å². The highest BCUT2D eigenvalue weighted by Crippen LogP contribution is 2.36. The van der Waals surface area contributed by atoms with Crippen molar-refractivity contribution in [3.05, 3.63) is 0 Å². The molecule has 0 aromatic heterocycles. The van der Waals surface area contributed by atoms with Crippen LogP contribution in [0.1, 0.15) is 53.7 Å². The van der Waals surface area contributed by atoms with E-state index in [4.69, 9.17) is 6.11 Å². The molecule has 0 radical (unpaired) electrons. The molecule has 0 spiro atoms. The summed E-state index contributed by atoms with van der Waals surface area (Å²) < 4.78 is 12.5. The Bertz CT molecular complexity index is 277. The van der Waals surface area contributed by atoms with E-state index in [9.17, 15) is 9.59 Å². The second-order valence-electron chi connectivity index (χ2n) is 4.35. The number of Topliss-reactive ketones (excluding diaryl/α,β-unsaturated/α-hetero) is 1. The Labute approximate surface area is 92.6 Å². The minimum absolute atomic E-state index is 0.195. The molecule has 0 aromatic carbocycles. The summed E-state index contributed by atoms with van der Waals surface area (Å²) in [6.45, 7) is 3.88. The molecule has 2 atom stereocenters. The lowest BCUT2D eigenvalue weighted by Crippen LogP contribution is -2.31. The smallest absolute Gasteiger partial charge is 0.305 e. The Balaban J connectivity index is 2.57. The van der Waals surface area contributed by atoms with Gasteiger partial charge < -0.3 is 4.74 Å². The van der Waals surface area contributed by atoms with Gasteiger partial charge in [0.15, 0.2) is 0 Å². The highest BCUT2D eigenvalue weighted by atomic mass is 16.5. The number of carbonyl (C=O) groups is 2. The monoisotopic (exact) mass is 213 g/mol. The maximum absolute atomic E-state index is 11.8. The molecule has 0 bridgehead atoms. The second kappa shape index (κ2) is 5.29. The predicted octanol–water partition coefficient (Wildman–Crippen LogP) is 2.48. The fourth-order valence-electron chi connectivity index (χ4n) is 1.97. The molecule has 0 unspecified atom stereocenters. The van der Waals surface area contributed by atoms with Gasteiger partial charge in [0.25, 0.3) is 0 Å². The van der Waals surface area contributed by atoms with Gasteiger partial charge in [-0.05, 0) is 26.2 Å². The van der Waals surface area contributed by atoms with E-state index in [0.717, 1.165) is 19.3 Å². The number of carbonyl (C=O) groups excluding carboxylic acids is 2. The normalized spacial score (nSPS) is 29.5. The average molecular weight is 213 g/mol. The molecule has 1 aliphatic carbocycles. The Morgan fingerprint density at radius 1 is 1.60 bits per heavy atom. The van der Waals surface area contributed by atoms with Crippen LogP contribution in [-0.2, 0) is 14.3 Å². The number of ether oxygens (including phenoxy) is 1. The molecule has 0 N–H and O–H groups in total.